The van der Waals surface area contributed by atoms with Gasteiger partial charge in [0, 0.05) is 12.6 Å². The van der Waals surface area contributed by atoms with Gasteiger partial charge in [0.15, 0.2) is 10.6 Å². The van der Waals surface area contributed by atoms with Crippen LogP contribution in [0.2, 0.25) is 0 Å². The summed E-state index contributed by atoms with van der Waals surface area (Å²) in [5.41, 5.74) is -0.384. The third-order valence-corrected chi connectivity index (χ3v) is 3.03. The Labute approximate surface area is 89.6 Å². The van der Waals surface area contributed by atoms with Gasteiger partial charge in [0.1, 0.15) is 11.0 Å². The number of hydrogen-bond donors (Lipinski definition) is 2. The van der Waals surface area contributed by atoms with Crippen LogP contribution in [0.5, 0.6) is 0 Å². The number of aryl methyl sites for hydroxylation is 1. The van der Waals surface area contributed by atoms with Crippen molar-refractivity contribution < 1.29 is 14.1 Å². The zero-order chi connectivity index (χ0) is 11.1. The predicted molar refractivity (Wildman–Crippen MR) is 53.2 cm³/mol. The topological polar surface area (TPSA) is 90.4 Å². The molecule has 0 amide bonds. The molecule has 1 aromatic heterocycles. The summed E-state index contributed by atoms with van der Waals surface area (Å²) in [5.74, 6) is 0. The number of aromatic nitrogens is 2. The minimum absolute atomic E-state index is 0.245. The van der Waals surface area contributed by atoms with E-state index in [0.717, 1.165) is 0 Å². The smallest absolute Gasteiger partial charge is 0.164 e. The fraction of sp³-hybridized carbons (Fsp3) is 0.625. The lowest BCUT2D eigenvalue weighted by Crippen LogP contribution is -2.48. The van der Waals surface area contributed by atoms with Gasteiger partial charge in [-0.25, -0.2) is 9.35 Å². The lowest BCUT2D eigenvalue weighted by atomic mass is 9.98. The van der Waals surface area contributed by atoms with E-state index >= 15 is 0 Å². The van der Waals surface area contributed by atoms with Crippen LogP contribution in [0.1, 0.15) is 12.6 Å². The molecular formula is C8H13N3O3S. The number of nitrogens with two attached hydrogens (primary N) is 1. The molecular weight excluding hydrogens is 218 g/mol. The normalized spacial score (nSPS) is 21.0. The zero-order valence-electron chi connectivity index (χ0n) is 8.34. The quantitative estimate of drug-likeness (QED) is 0.705. The van der Waals surface area contributed by atoms with E-state index in [4.69, 9.17) is 9.88 Å². The zero-order valence-corrected chi connectivity index (χ0v) is 9.16. The van der Waals surface area contributed by atoms with Crippen molar-refractivity contribution in [2.24, 2.45) is 5.14 Å². The van der Waals surface area contributed by atoms with Gasteiger partial charge in [-0.2, -0.15) is 5.10 Å². The molecule has 1 unspecified atom stereocenters. The first-order valence-corrected chi connectivity index (χ1v) is 5.83. The lowest BCUT2D eigenvalue weighted by molar-refractivity contribution is -0.188. The minimum atomic E-state index is -1.62. The molecule has 2 heterocycles. The summed E-state index contributed by atoms with van der Waals surface area (Å²) >= 11 is 0. The first-order valence-electron chi connectivity index (χ1n) is 4.61. The molecule has 0 saturated carbocycles. The summed E-state index contributed by atoms with van der Waals surface area (Å²) in [6.45, 7) is 2.97. The molecule has 7 heteroatoms. The van der Waals surface area contributed by atoms with Gasteiger partial charge in [-0.05, 0) is 6.92 Å². The molecule has 0 aromatic carbocycles. The Morgan fingerprint density at radius 3 is 2.87 bits per heavy atom. The summed E-state index contributed by atoms with van der Waals surface area (Å²) in [4.78, 5) is 0. The average Bonchev–Trinajstić information content (AvgIpc) is 2.58. The second-order valence-corrected chi connectivity index (χ2v) is 4.52. The molecule has 0 aliphatic carbocycles. The molecule has 0 bridgehead atoms. The third-order valence-electron chi connectivity index (χ3n) is 2.42. The Bertz CT molecular complexity index is 400. The molecule has 3 N–H and O–H groups in total. The Morgan fingerprint density at radius 1 is 1.80 bits per heavy atom. The van der Waals surface area contributed by atoms with Crippen LogP contribution in [-0.2, 0) is 27.9 Å². The van der Waals surface area contributed by atoms with E-state index in [-0.39, 0.29) is 18.2 Å². The maximum Gasteiger partial charge on any atom is 0.164 e. The number of aliphatic hydroxyl groups is 1. The van der Waals surface area contributed by atoms with Crippen molar-refractivity contribution >= 4 is 11.0 Å². The van der Waals surface area contributed by atoms with E-state index in [1.165, 1.54) is 0 Å². The van der Waals surface area contributed by atoms with Crippen LogP contribution < -0.4 is 5.14 Å². The van der Waals surface area contributed by atoms with Crippen LogP contribution in [0, 0.1) is 0 Å². The lowest BCUT2D eigenvalue weighted by Gasteiger charge is -2.36. The number of ether oxygens (including phenoxy) is 1. The maximum atomic E-state index is 11.1. The molecule has 1 aromatic rings. The molecule has 1 saturated heterocycles. The summed E-state index contributed by atoms with van der Waals surface area (Å²) in [7, 11) is -1.62. The molecule has 6 nitrogen and oxygen atoms in total. The molecule has 1 aliphatic rings. The van der Waals surface area contributed by atoms with Crippen molar-refractivity contribution in [1.82, 2.24) is 9.78 Å². The van der Waals surface area contributed by atoms with E-state index in [1.54, 1.807) is 10.7 Å². The molecule has 1 fully saturated rings. The van der Waals surface area contributed by atoms with E-state index in [2.05, 4.69) is 5.10 Å². The second kappa shape index (κ2) is 3.67. The Balaban J connectivity index is 2.41. The SMILES string of the molecule is CCn1nc(S(N)=O)cc1C1(O)COC1. The molecule has 2 rings (SSSR count). The Morgan fingerprint density at radius 2 is 2.47 bits per heavy atom. The standard InChI is InChI=1S/C8H13N3O3S/c1-2-11-6(8(12)4-14-5-8)3-7(10-11)15(9)13/h3,12H,2,4-5,9H2,1H3. The van der Waals surface area contributed by atoms with Crippen molar-refractivity contribution in [3.05, 3.63) is 11.8 Å². The Hall–Kier alpha value is -0.760. The van der Waals surface area contributed by atoms with E-state index < -0.39 is 16.6 Å². The van der Waals surface area contributed by atoms with Gasteiger partial charge in [-0.1, -0.05) is 0 Å². The average molecular weight is 231 g/mol. The van der Waals surface area contributed by atoms with Gasteiger partial charge in [0.25, 0.3) is 0 Å². The first-order chi connectivity index (χ1) is 7.07. The maximum absolute atomic E-state index is 11.1. The molecule has 0 radical (unpaired) electrons. The van der Waals surface area contributed by atoms with Crippen molar-refractivity contribution in [3.8, 4) is 0 Å². The van der Waals surface area contributed by atoms with Crippen LogP contribution in [-0.4, -0.2) is 32.3 Å². The van der Waals surface area contributed by atoms with E-state index in [9.17, 15) is 9.32 Å². The van der Waals surface area contributed by atoms with Crippen molar-refractivity contribution in [2.75, 3.05) is 13.2 Å². The fourth-order valence-electron chi connectivity index (χ4n) is 1.55. The second-order valence-electron chi connectivity index (χ2n) is 3.51. The van der Waals surface area contributed by atoms with Gasteiger partial charge in [0.2, 0.25) is 0 Å². The van der Waals surface area contributed by atoms with Crippen molar-refractivity contribution in [2.45, 2.75) is 24.1 Å². The predicted octanol–water partition coefficient (Wildman–Crippen LogP) is -0.898. The number of rotatable bonds is 3. The van der Waals surface area contributed by atoms with E-state index in [1.807, 2.05) is 6.92 Å². The first kappa shape index (κ1) is 10.7. The van der Waals surface area contributed by atoms with Crippen LogP contribution >= 0.6 is 0 Å². The summed E-state index contributed by atoms with van der Waals surface area (Å²) in [5, 5.41) is 19.6. The Kier molecular flexibility index (Phi) is 2.63. The summed E-state index contributed by atoms with van der Waals surface area (Å²) in [6, 6.07) is 1.57. The number of nitrogens with zero attached hydrogens (tertiary/aromatic N) is 2. The van der Waals surface area contributed by atoms with Gasteiger partial charge in [-0.15, -0.1) is 0 Å². The highest BCUT2D eigenvalue weighted by Gasteiger charge is 2.41. The van der Waals surface area contributed by atoms with Gasteiger partial charge in [-0.3, -0.25) is 4.68 Å². The molecule has 15 heavy (non-hydrogen) atoms. The van der Waals surface area contributed by atoms with Gasteiger partial charge in [0.05, 0.1) is 18.9 Å². The molecule has 0 spiro atoms. The van der Waals surface area contributed by atoms with Crippen LogP contribution in [0.25, 0.3) is 0 Å². The van der Waals surface area contributed by atoms with Crippen molar-refractivity contribution in [1.29, 1.82) is 0 Å². The molecule has 1 atom stereocenters. The monoisotopic (exact) mass is 231 g/mol. The fourth-order valence-corrected chi connectivity index (χ4v) is 1.96. The van der Waals surface area contributed by atoms with Crippen molar-refractivity contribution in [3.63, 3.8) is 0 Å². The highest BCUT2D eigenvalue weighted by molar-refractivity contribution is 7.82. The summed E-state index contributed by atoms with van der Waals surface area (Å²) < 4.78 is 17.6. The van der Waals surface area contributed by atoms with Crippen LogP contribution in [0.15, 0.2) is 11.1 Å². The molecule has 1 aliphatic heterocycles. The van der Waals surface area contributed by atoms with E-state index in [0.29, 0.717) is 12.2 Å². The van der Waals surface area contributed by atoms with Crippen LogP contribution in [0.3, 0.4) is 0 Å². The minimum Gasteiger partial charge on any atom is -0.379 e. The molecule has 84 valence electrons. The largest absolute Gasteiger partial charge is 0.379 e. The summed E-state index contributed by atoms with van der Waals surface area (Å²) in [6.07, 6.45) is 0. The third kappa shape index (κ3) is 1.71. The number of hydrogen-bond acceptors (Lipinski definition) is 4. The van der Waals surface area contributed by atoms with Gasteiger partial charge >= 0.3 is 0 Å². The van der Waals surface area contributed by atoms with Crippen LogP contribution in [0.4, 0.5) is 0 Å². The highest BCUT2D eigenvalue weighted by Crippen LogP contribution is 2.30. The van der Waals surface area contributed by atoms with Gasteiger partial charge < -0.3 is 9.84 Å². The highest BCUT2D eigenvalue weighted by atomic mass is 32.2.